The van der Waals surface area contributed by atoms with Gasteiger partial charge in [0.1, 0.15) is 0 Å². The largest absolute Gasteiger partial charge is 0.517 e. The summed E-state index contributed by atoms with van der Waals surface area (Å²) < 4.78 is 64.5. The van der Waals surface area contributed by atoms with E-state index in [0.29, 0.717) is 12.4 Å². The fourth-order valence-electron chi connectivity index (χ4n) is 2.19. The van der Waals surface area contributed by atoms with Crippen LogP contribution in [0.3, 0.4) is 0 Å². The van der Waals surface area contributed by atoms with Crippen LogP contribution in [-0.4, -0.2) is 35.6 Å². The summed E-state index contributed by atoms with van der Waals surface area (Å²) in [6, 6.07) is 0. The predicted octanol–water partition coefficient (Wildman–Crippen LogP) is 1.07. The number of hydrogen-bond acceptors (Lipinski definition) is 5. The van der Waals surface area contributed by atoms with E-state index in [9.17, 15) is 31.5 Å². The third-order valence-corrected chi connectivity index (χ3v) is 5.17. The topological polar surface area (TPSA) is 83.9 Å². The minimum absolute atomic E-state index is 0.0240. The van der Waals surface area contributed by atoms with Crippen molar-refractivity contribution in [3.63, 3.8) is 0 Å². The first kappa shape index (κ1) is 15.8. The van der Waals surface area contributed by atoms with Gasteiger partial charge >= 0.3 is 21.5 Å². The molecule has 0 aromatic heterocycles. The van der Waals surface area contributed by atoms with E-state index < -0.39 is 38.6 Å². The molecule has 118 valence electrons. The standard InChI is InChI=1S/C11H12F3NO5S/c1-9(2)7(16)20-8(17)10(9)3-5-15(6-4-10)21(18,19)11(12,13)14/h3-6,8,17H,1-2H3. The van der Waals surface area contributed by atoms with Crippen LogP contribution in [0.4, 0.5) is 13.2 Å². The molecule has 1 atom stereocenters. The van der Waals surface area contributed by atoms with E-state index in [2.05, 4.69) is 4.74 Å². The first-order valence-electron chi connectivity index (χ1n) is 5.74. The minimum Gasteiger partial charge on any atom is -0.434 e. The summed E-state index contributed by atoms with van der Waals surface area (Å²) in [4.78, 5) is 11.7. The molecule has 2 aliphatic heterocycles. The Morgan fingerprint density at radius 3 is 2.10 bits per heavy atom. The van der Waals surface area contributed by atoms with Crippen molar-refractivity contribution >= 4 is 16.0 Å². The van der Waals surface area contributed by atoms with Crippen LogP contribution in [-0.2, 0) is 19.6 Å². The van der Waals surface area contributed by atoms with E-state index in [1.807, 2.05) is 0 Å². The quantitative estimate of drug-likeness (QED) is 0.728. The number of carbonyl (C=O) groups is 1. The lowest BCUT2D eigenvalue weighted by atomic mass is 9.66. The van der Waals surface area contributed by atoms with Crippen LogP contribution < -0.4 is 0 Å². The number of carbonyl (C=O) groups excluding carboxylic acids is 1. The Hall–Kier alpha value is -1.55. The van der Waals surface area contributed by atoms with Crippen LogP contribution in [0.5, 0.6) is 0 Å². The number of cyclic esters (lactones) is 1. The van der Waals surface area contributed by atoms with E-state index >= 15 is 0 Å². The van der Waals surface area contributed by atoms with Crippen molar-refractivity contribution in [1.29, 1.82) is 0 Å². The van der Waals surface area contributed by atoms with Gasteiger partial charge in [-0.2, -0.15) is 21.6 Å². The number of rotatable bonds is 1. The second kappa shape index (κ2) is 4.23. The highest BCUT2D eigenvalue weighted by Crippen LogP contribution is 2.52. The van der Waals surface area contributed by atoms with Crippen LogP contribution in [0.1, 0.15) is 13.8 Å². The van der Waals surface area contributed by atoms with E-state index in [1.54, 1.807) is 0 Å². The highest BCUT2D eigenvalue weighted by molar-refractivity contribution is 7.90. The molecule has 0 radical (unpaired) electrons. The molecule has 2 rings (SSSR count). The lowest BCUT2D eigenvalue weighted by molar-refractivity contribution is -0.159. The summed E-state index contributed by atoms with van der Waals surface area (Å²) in [5.41, 5.74) is -8.14. The molecule has 0 bridgehead atoms. The number of alkyl halides is 3. The molecule has 1 saturated heterocycles. The lowest BCUT2D eigenvalue weighted by Gasteiger charge is -2.36. The smallest absolute Gasteiger partial charge is 0.434 e. The molecule has 6 nitrogen and oxygen atoms in total. The molecule has 1 spiro atoms. The second-order valence-electron chi connectivity index (χ2n) is 5.23. The number of aliphatic hydroxyl groups is 1. The van der Waals surface area contributed by atoms with E-state index in [4.69, 9.17) is 0 Å². The van der Waals surface area contributed by atoms with Crippen LogP contribution in [0.25, 0.3) is 0 Å². The predicted molar refractivity (Wildman–Crippen MR) is 63.4 cm³/mol. The van der Waals surface area contributed by atoms with Gasteiger partial charge in [0.2, 0.25) is 6.29 Å². The Balaban J connectivity index is 2.41. The summed E-state index contributed by atoms with van der Waals surface area (Å²) in [7, 11) is -5.56. The molecular formula is C11H12F3NO5S. The van der Waals surface area contributed by atoms with Crippen molar-refractivity contribution in [3.8, 4) is 0 Å². The molecular weight excluding hydrogens is 315 g/mol. The lowest BCUT2D eigenvalue weighted by Crippen LogP contribution is -2.43. The van der Waals surface area contributed by atoms with E-state index in [1.165, 1.54) is 13.8 Å². The van der Waals surface area contributed by atoms with Gasteiger partial charge < -0.3 is 9.84 Å². The first-order chi connectivity index (χ1) is 9.36. The van der Waals surface area contributed by atoms with Gasteiger partial charge in [-0.15, -0.1) is 0 Å². The number of sulfonamides is 1. The summed E-state index contributed by atoms with van der Waals surface area (Å²) in [5.74, 6) is -0.739. The molecule has 0 aromatic carbocycles. The molecule has 1 fully saturated rings. The third kappa shape index (κ3) is 1.96. The maximum Gasteiger partial charge on any atom is 0.517 e. The summed E-state index contributed by atoms with van der Waals surface area (Å²) in [6.45, 7) is 2.88. The third-order valence-electron chi connectivity index (χ3n) is 3.78. The first-order valence-corrected chi connectivity index (χ1v) is 7.18. The molecule has 10 heteroatoms. The number of esters is 1. The van der Waals surface area contributed by atoms with Gasteiger partial charge in [-0.05, 0) is 26.0 Å². The van der Waals surface area contributed by atoms with E-state index in [0.717, 1.165) is 12.2 Å². The fourth-order valence-corrected chi connectivity index (χ4v) is 2.87. The Morgan fingerprint density at radius 2 is 1.76 bits per heavy atom. The second-order valence-corrected chi connectivity index (χ2v) is 7.06. The van der Waals surface area contributed by atoms with Gasteiger partial charge in [-0.3, -0.25) is 4.79 Å². The van der Waals surface area contributed by atoms with Gasteiger partial charge in [0.05, 0.1) is 10.8 Å². The Labute approximate surface area is 118 Å². The average molecular weight is 327 g/mol. The van der Waals surface area contributed by atoms with Crippen molar-refractivity contribution in [2.45, 2.75) is 25.6 Å². The molecule has 1 unspecified atom stereocenters. The Bertz CT molecular complexity index is 621. The number of nitrogens with zero attached hydrogens (tertiary/aromatic N) is 1. The molecule has 1 N–H and O–H groups in total. The molecule has 2 aliphatic rings. The molecule has 0 saturated carbocycles. The summed E-state index contributed by atoms with van der Waals surface area (Å²) in [5, 5.41) is 9.82. The number of halogens is 3. The maximum absolute atomic E-state index is 12.5. The van der Waals surface area contributed by atoms with Gasteiger partial charge in [-0.25, -0.2) is 4.31 Å². The van der Waals surface area contributed by atoms with Crippen LogP contribution in [0, 0.1) is 10.8 Å². The summed E-state index contributed by atoms with van der Waals surface area (Å²) in [6.07, 6.45) is 1.73. The SMILES string of the molecule is CC1(C)C(=O)OC(O)C12C=CN(S(=O)(=O)C(F)(F)F)C=C2. The monoisotopic (exact) mass is 327 g/mol. The zero-order valence-electron chi connectivity index (χ0n) is 11.0. The minimum atomic E-state index is -5.56. The fraction of sp³-hybridized carbons (Fsp3) is 0.545. The van der Waals surface area contributed by atoms with Gasteiger partial charge in [0.15, 0.2) is 0 Å². The van der Waals surface area contributed by atoms with Crippen molar-refractivity contribution in [1.82, 2.24) is 4.31 Å². The van der Waals surface area contributed by atoms with Crippen LogP contribution in [0.15, 0.2) is 24.6 Å². The highest BCUT2D eigenvalue weighted by atomic mass is 32.2. The Kier molecular flexibility index (Phi) is 3.19. The molecule has 2 heterocycles. The zero-order chi connectivity index (χ0) is 16.3. The van der Waals surface area contributed by atoms with Crippen molar-refractivity contribution in [2.75, 3.05) is 0 Å². The van der Waals surface area contributed by atoms with Gasteiger partial charge in [0, 0.05) is 12.4 Å². The Morgan fingerprint density at radius 1 is 1.29 bits per heavy atom. The number of aliphatic hydroxyl groups excluding tert-OH is 1. The molecule has 0 amide bonds. The van der Waals surface area contributed by atoms with Gasteiger partial charge in [-0.1, -0.05) is 0 Å². The van der Waals surface area contributed by atoms with Crippen LogP contribution in [0.2, 0.25) is 0 Å². The summed E-state index contributed by atoms with van der Waals surface area (Å²) >= 11 is 0. The van der Waals surface area contributed by atoms with Crippen LogP contribution >= 0.6 is 0 Å². The normalized spacial score (nSPS) is 27.2. The number of ether oxygens (including phenoxy) is 1. The highest BCUT2D eigenvalue weighted by Gasteiger charge is 2.61. The molecule has 0 aliphatic carbocycles. The van der Waals surface area contributed by atoms with Gasteiger partial charge in [0.25, 0.3) is 0 Å². The zero-order valence-corrected chi connectivity index (χ0v) is 11.8. The maximum atomic E-state index is 12.5. The average Bonchev–Trinajstić information content (AvgIpc) is 2.50. The van der Waals surface area contributed by atoms with Crippen molar-refractivity contribution < 1.29 is 36.2 Å². The van der Waals surface area contributed by atoms with Crippen molar-refractivity contribution in [2.24, 2.45) is 10.8 Å². The molecule has 21 heavy (non-hydrogen) atoms. The van der Waals surface area contributed by atoms with Crippen molar-refractivity contribution in [3.05, 3.63) is 24.6 Å². The number of hydrogen-bond donors (Lipinski definition) is 1. The molecule has 0 aromatic rings. The van der Waals surface area contributed by atoms with E-state index in [-0.39, 0.29) is 4.31 Å².